The third-order valence-corrected chi connectivity index (χ3v) is 1.75. The molecule has 0 atom stereocenters. The summed E-state index contributed by atoms with van der Waals surface area (Å²) in [4.78, 5) is 13.4. The maximum absolute atomic E-state index is 13.1. The molecular formula is C10H10FNO. The Labute approximate surface area is 76.1 Å². The predicted octanol–water partition coefficient (Wildman–Crippen LogP) is 2.75. The smallest absolute Gasteiger partial charge is 0.211 e. The molecule has 0 fully saturated rings. The van der Waals surface area contributed by atoms with Crippen molar-refractivity contribution >= 4 is 11.8 Å². The molecule has 0 heterocycles. The van der Waals surface area contributed by atoms with Gasteiger partial charge in [0.2, 0.25) is 6.08 Å². The summed E-state index contributed by atoms with van der Waals surface area (Å²) in [6.07, 6.45) is 2.97. The van der Waals surface area contributed by atoms with Gasteiger partial charge in [-0.25, -0.2) is 9.18 Å². The summed E-state index contributed by atoms with van der Waals surface area (Å²) in [5.74, 6) is -0.464. The lowest BCUT2D eigenvalue weighted by Crippen LogP contribution is -1.87. The van der Waals surface area contributed by atoms with Crippen LogP contribution in [0.15, 0.2) is 23.2 Å². The highest BCUT2D eigenvalue weighted by Crippen LogP contribution is 2.23. The van der Waals surface area contributed by atoms with Crippen LogP contribution < -0.4 is 0 Å². The van der Waals surface area contributed by atoms with E-state index in [1.165, 1.54) is 12.1 Å². The number of hydrogen-bond donors (Lipinski definition) is 0. The first kappa shape index (κ1) is 9.62. The summed E-state index contributed by atoms with van der Waals surface area (Å²) in [6.45, 7) is 1.99. The first-order valence-corrected chi connectivity index (χ1v) is 4.14. The van der Waals surface area contributed by atoms with Crippen molar-refractivity contribution in [2.75, 3.05) is 0 Å². The van der Waals surface area contributed by atoms with Gasteiger partial charge in [-0.1, -0.05) is 25.5 Å². The lowest BCUT2D eigenvalue weighted by atomic mass is 10.1. The molecule has 1 aromatic carbocycles. The minimum absolute atomic E-state index is 0.124. The number of para-hydroxylation sites is 1. The van der Waals surface area contributed by atoms with Crippen LogP contribution in [0.25, 0.3) is 0 Å². The Hall–Kier alpha value is -1.47. The van der Waals surface area contributed by atoms with Crippen LogP contribution in [0.2, 0.25) is 0 Å². The highest BCUT2D eigenvalue weighted by atomic mass is 19.1. The molecule has 0 saturated carbocycles. The quantitative estimate of drug-likeness (QED) is 0.518. The summed E-state index contributed by atoms with van der Waals surface area (Å²) in [5, 5.41) is 0. The van der Waals surface area contributed by atoms with Crippen molar-refractivity contribution in [3.8, 4) is 0 Å². The number of isocyanates is 1. The molecular weight excluding hydrogens is 169 g/mol. The molecule has 0 saturated heterocycles. The number of rotatable bonds is 3. The van der Waals surface area contributed by atoms with Crippen LogP contribution in [0.4, 0.5) is 10.1 Å². The van der Waals surface area contributed by atoms with E-state index in [-0.39, 0.29) is 5.69 Å². The average molecular weight is 179 g/mol. The summed E-state index contributed by atoms with van der Waals surface area (Å²) in [6, 6.07) is 4.67. The number of aliphatic imine (C=N–C) groups is 1. The van der Waals surface area contributed by atoms with Crippen molar-refractivity contribution in [2.45, 2.75) is 19.8 Å². The minimum Gasteiger partial charge on any atom is -0.211 e. The molecule has 0 spiro atoms. The van der Waals surface area contributed by atoms with Gasteiger partial charge >= 0.3 is 0 Å². The van der Waals surface area contributed by atoms with Gasteiger partial charge in [0.1, 0.15) is 11.5 Å². The van der Waals surface area contributed by atoms with Gasteiger partial charge in [0.05, 0.1) is 0 Å². The van der Waals surface area contributed by atoms with Gasteiger partial charge < -0.3 is 0 Å². The van der Waals surface area contributed by atoms with E-state index in [1.807, 2.05) is 6.92 Å². The fourth-order valence-corrected chi connectivity index (χ4v) is 1.20. The van der Waals surface area contributed by atoms with E-state index >= 15 is 0 Å². The Kier molecular flexibility index (Phi) is 3.35. The molecule has 0 radical (unpaired) electrons. The fraction of sp³-hybridized carbons (Fsp3) is 0.300. The summed E-state index contributed by atoms with van der Waals surface area (Å²) in [7, 11) is 0. The van der Waals surface area contributed by atoms with Crippen LogP contribution in [0, 0.1) is 5.82 Å². The standard InChI is InChI=1S/C10H10FNO/c1-2-4-8-5-3-6-9(11)10(8)12-7-13/h3,5-6H,2,4H2,1H3. The molecule has 0 N–H and O–H groups in total. The molecule has 0 unspecified atom stereocenters. The average Bonchev–Trinajstić information content (AvgIpc) is 2.11. The van der Waals surface area contributed by atoms with Crippen LogP contribution >= 0.6 is 0 Å². The predicted molar refractivity (Wildman–Crippen MR) is 48.2 cm³/mol. The van der Waals surface area contributed by atoms with Gasteiger partial charge in [-0.15, -0.1) is 0 Å². The number of carbonyl (C=O) groups excluding carboxylic acids is 1. The number of aryl methyl sites for hydroxylation is 1. The monoisotopic (exact) mass is 179 g/mol. The van der Waals surface area contributed by atoms with E-state index in [9.17, 15) is 9.18 Å². The van der Waals surface area contributed by atoms with E-state index in [4.69, 9.17) is 0 Å². The molecule has 0 aliphatic heterocycles. The second-order valence-corrected chi connectivity index (χ2v) is 2.70. The topological polar surface area (TPSA) is 29.4 Å². The second kappa shape index (κ2) is 4.53. The molecule has 0 aliphatic rings. The van der Waals surface area contributed by atoms with Crippen molar-refractivity contribution in [2.24, 2.45) is 4.99 Å². The van der Waals surface area contributed by atoms with Gasteiger partial charge in [-0.05, 0) is 18.1 Å². The third kappa shape index (κ3) is 2.23. The molecule has 0 bridgehead atoms. The molecule has 0 aromatic heterocycles. The van der Waals surface area contributed by atoms with Crippen LogP contribution in [-0.4, -0.2) is 6.08 Å². The van der Waals surface area contributed by atoms with Crippen LogP contribution in [-0.2, 0) is 11.2 Å². The number of halogens is 1. The summed E-state index contributed by atoms with van der Waals surface area (Å²) in [5.41, 5.74) is 0.880. The van der Waals surface area contributed by atoms with Gasteiger partial charge in [0.15, 0.2) is 0 Å². The van der Waals surface area contributed by atoms with Crippen LogP contribution in [0.5, 0.6) is 0 Å². The van der Waals surface area contributed by atoms with E-state index < -0.39 is 5.82 Å². The SMILES string of the molecule is CCCc1cccc(F)c1N=C=O. The Morgan fingerprint density at radius 3 is 2.92 bits per heavy atom. The van der Waals surface area contributed by atoms with E-state index in [1.54, 1.807) is 12.1 Å². The van der Waals surface area contributed by atoms with Crippen LogP contribution in [0.3, 0.4) is 0 Å². The van der Waals surface area contributed by atoms with Crippen molar-refractivity contribution in [1.29, 1.82) is 0 Å². The zero-order chi connectivity index (χ0) is 9.68. The van der Waals surface area contributed by atoms with Crippen molar-refractivity contribution in [3.63, 3.8) is 0 Å². The minimum atomic E-state index is -0.464. The van der Waals surface area contributed by atoms with Gasteiger partial charge in [-0.3, -0.25) is 0 Å². The van der Waals surface area contributed by atoms with Gasteiger partial charge in [-0.2, -0.15) is 4.99 Å². The van der Waals surface area contributed by atoms with Gasteiger partial charge in [0, 0.05) is 0 Å². The van der Waals surface area contributed by atoms with Crippen molar-refractivity contribution in [1.82, 2.24) is 0 Å². The van der Waals surface area contributed by atoms with Crippen molar-refractivity contribution in [3.05, 3.63) is 29.6 Å². The first-order valence-electron chi connectivity index (χ1n) is 4.14. The maximum atomic E-state index is 13.1. The molecule has 1 rings (SSSR count). The largest absolute Gasteiger partial charge is 0.240 e. The zero-order valence-corrected chi connectivity index (χ0v) is 7.38. The number of hydrogen-bond acceptors (Lipinski definition) is 2. The normalized spacial score (nSPS) is 9.38. The summed E-state index contributed by atoms with van der Waals surface area (Å²) >= 11 is 0. The molecule has 3 heteroatoms. The maximum Gasteiger partial charge on any atom is 0.240 e. The zero-order valence-electron chi connectivity index (χ0n) is 7.38. The van der Waals surface area contributed by atoms with Crippen molar-refractivity contribution < 1.29 is 9.18 Å². The van der Waals surface area contributed by atoms with Gasteiger partial charge in [0.25, 0.3) is 0 Å². The Balaban J connectivity index is 3.16. The number of nitrogens with zero attached hydrogens (tertiary/aromatic N) is 1. The Morgan fingerprint density at radius 2 is 2.31 bits per heavy atom. The molecule has 13 heavy (non-hydrogen) atoms. The molecule has 68 valence electrons. The fourth-order valence-electron chi connectivity index (χ4n) is 1.20. The van der Waals surface area contributed by atoms with E-state index in [0.717, 1.165) is 18.4 Å². The summed E-state index contributed by atoms with van der Waals surface area (Å²) < 4.78 is 13.1. The second-order valence-electron chi connectivity index (χ2n) is 2.70. The Bertz CT molecular complexity index is 343. The lowest BCUT2D eigenvalue weighted by molar-refractivity contribution is 0.564. The molecule has 0 aliphatic carbocycles. The highest BCUT2D eigenvalue weighted by Gasteiger charge is 2.05. The van der Waals surface area contributed by atoms with Crippen LogP contribution in [0.1, 0.15) is 18.9 Å². The molecule has 0 amide bonds. The highest BCUT2D eigenvalue weighted by molar-refractivity contribution is 5.54. The van der Waals surface area contributed by atoms with E-state index in [0.29, 0.717) is 0 Å². The first-order chi connectivity index (χ1) is 6.29. The number of benzene rings is 1. The lowest BCUT2D eigenvalue weighted by Gasteiger charge is -2.02. The molecule has 1 aromatic rings. The van der Waals surface area contributed by atoms with E-state index in [2.05, 4.69) is 4.99 Å². The third-order valence-electron chi connectivity index (χ3n) is 1.75. The Morgan fingerprint density at radius 1 is 1.54 bits per heavy atom. The molecule has 2 nitrogen and oxygen atoms in total.